The lowest BCUT2D eigenvalue weighted by molar-refractivity contribution is -0.136. The van der Waals surface area contributed by atoms with Gasteiger partial charge in [0.05, 0.1) is 0 Å². The maximum atomic E-state index is 12.5. The first-order valence-electron chi connectivity index (χ1n) is 9.71. The molecule has 1 saturated heterocycles. The van der Waals surface area contributed by atoms with E-state index in [2.05, 4.69) is 5.32 Å². The third-order valence-corrected chi connectivity index (χ3v) is 4.50. The van der Waals surface area contributed by atoms with Crippen LogP contribution in [0.5, 0.6) is 0 Å². The van der Waals surface area contributed by atoms with Crippen LogP contribution in [0.3, 0.4) is 0 Å². The second kappa shape index (κ2) is 10.4. The van der Waals surface area contributed by atoms with E-state index in [0.717, 1.165) is 19.3 Å². The van der Waals surface area contributed by atoms with Crippen LogP contribution in [0.1, 0.15) is 60.3 Å². The van der Waals surface area contributed by atoms with Gasteiger partial charge in [-0.15, -0.1) is 0 Å². The Balaban J connectivity index is 2.40. The summed E-state index contributed by atoms with van der Waals surface area (Å²) < 4.78 is 5.15. The molecule has 1 aliphatic rings. The molecule has 0 saturated carbocycles. The minimum absolute atomic E-state index is 0.00195. The molecule has 1 fully saturated rings. The van der Waals surface area contributed by atoms with Crippen LogP contribution >= 0.6 is 0 Å². The van der Waals surface area contributed by atoms with Crippen molar-refractivity contribution in [2.24, 2.45) is 5.92 Å². The van der Waals surface area contributed by atoms with E-state index in [-0.39, 0.29) is 30.7 Å². The van der Waals surface area contributed by atoms with Crippen molar-refractivity contribution in [3.8, 4) is 0 Å². The molecule has 1 N–H and O–H groups in total. The van der Waals surface area contributed by atoms with E-state index in [1.807, 2.05) is 18.7 Å². The quantitative estimate of drug-likeness (QED) is 0.780. The lowest BCUT2D eigenvalue weighted by Crippen LogP contribution is -2.40. The number of hydrogen-bond acceptors (Lipinski definition) is 4. The topological polar surface area (TPSA) is 79.0 Å². The summed E-state index contributed by atoms with van der Waals surface area (Å²) in [4.78, 5) is 40.2. The molecule has 0 bridgehead atoms. The van der Waals surface area contributed by atoms with Gasteiger partial charge in [-0.05, 0) is 40.0 Å². The minimum atomic E-state index is -0.552. The van der Waals surface area contributed by atoms with Gasteiger partial charge in [-0.2, -0.15) is 0 Å². The van der Waals surface area contributed by atoms with Crippen LogP contribution in [0.25, 0.3) is 0 Å². The van der Waals surface area contributed by atoms with Crippen molar-refractivity contribution in [2.75, 3.05) is 32.7 Å². The predicted octanol–water partition coefficient (Wildman–Crippen LogP) is 2.40. The number of rotatable bonds is 6. The molecule has 1 rings (SSSR count). The van der Waals surface area contributed by atoms with Crippen molar-refractivity contribution in [3.05, 3.63) is 0 Å². The van der Waals surface area contributed by atoms with Crippen LogP contribution in [-0.2, 0) is 14.3 Å². The Bertz CT molecular complexity index is 484. The van der Waals surface area contributed by atoms with Gasteiger partial charge in [0, 0.05) is 45.1 Å². The van der Waals surface area contributed by atoms with Crippen molar-refractivity contribution < 1.29 is 19.1 Å². The third-order valence-electron chi connectivity index (χ3n) is 4.50. The summed E-state index contributed by atoms with van der Waals surface area (Å²) in [5, 5.41) is 2.61. The van der Waals surface area contributed by atoms with Crippen LogP contribution in [-0.4, -0.2) is 66.0 Å². The fourth-order valence-corrected chi connectivity index (χ4v) is 3.03. The van der Waals surface area contributed by atoms with Gasteiger partial charge in [0.25, 0.3) is 0 Å². The molecule has 0 radical (unpaired) electrons. The molecule has 3 amide bonds. The average molecular weight is 370 g/mol. The van der Waals surface area contributed by atoms with Gasteiger partial charge in [0.15, 0.2) is 0 Å². The van der Waals surface area contributed by atoms with Crippen molar-refractivity contribution in [2.45, 2.75) is 65.9 Å². The molecular formula is C19H35N3O4. The zero-order valence-corrected chi connectivity index (χ0v) is 17.0. The van der Waals surface area contributed by atoms with Gasteiger partial charge >= 0.3 is 6.09 Å². The second-order valence-corrected chi connectivity index (χ2v) is 7.75. The maximum absolute atomic E-state index is 12.5. The molecule has 0 aromatic heterocycles. The van der Waals surface area contributed by atoms with E-state index >= 15 is 0 Å². The first-order chi connectivity index (χ1) is 12.2. The number of alkyl carbamates (subject to hydrolysis) is 1. The molecule has 0 spiro atoms. The summed E-state index contributed by atoms with van der Waals surface area (Å²) >= 11 is 0. The van der Waals surface area contributed by atoms with Gasteiger partial charge in [-0.3, -0.25) is 9.59 Å². The highest BCUT2D eigenvalue weighted by Gasteiger charge is 2.25. The first-order valence-corrected chi connectivity index (χ1v) is 9.71. The molecule has 26 heavy (non-hydrogen) atoms. The van der Waals surface area contributed by atoms with Crippen molar-refractivity contribution in [3.63, 3.8) is 0 Å². The molecule has 0 atom stereocenters. The van der Waals surface area contributed by atoms with E-state index in [1.54, 1.807) is 25.7 Å². The molecule has 0 aromatic rings. The molecule has 1 aliphatic heterocycles. The van der Waals surface area contributed by atoms with Crippen LogP contribution < -0.4 is 5.32 Å². The highest BCUT2D eigenvalue weighted by Crippen LogP contribution is 2.14. The SMILES string of the molecule is CCC(CC)C(=O)N1CCCN(C(=O)CCNC(=O)OC(C)(C)C)CC1. The first kappa shape index (κ1) is 22.3. The van der Waals surface area contributed by atoms with E-state index in [9.17, 15) is 14.4 Å². The van der Waals surface area contributed by atoms with Crippen molar-refractivity contribution in [1.82, 2.24) is 15.1 Å². The maximum Gasteiger partial charge on any atom is 0.407 e. The number of nitrogens with one attached hydrogen (secondary N) is 1. The summed E-state index contributed by atoms with van der Waals surface area (Å²) in [6.07, 6.45) is 2.22. The molecule has 1 heterocycles. The summed E-state index contributed by atoms with van der Waals surface area (Å²) in [5.74, 6) is 0.282. The number of ether oxygens (including phenoxy) is 1. The van der Waals surface area contributed by atoms with E-state index in [4.69, 9.17) is 4.74 Å². The van der Waals surface area contributed by atoms with Gasteiger partial charge < -0.3 is 19.9 Å². The molecular weight excluding hydrogens is 334 g/mol. The summed E-state index contributed by atoms with van der Waals surface area (Å²) in [5.41, 5.74) is -0.552. The van der Waals surface area contributed by atoms with Gasteiger partial charge in [-0.1, -0.05) is 13.8 Å². The summed E-state index contributed by atoms with van der Waals surface area (Å²) in [7, 11) is 0. The number of carbonyl (C=O) groups excluding carboxylic acids is 3. The fraction of sp³-hybridized carbons (Fsp3) is 0.842. The Morgan fingerprint density at radius 3 is 2.15 bits per heavy atom. The number of nitrogens with zero attached hydrogens (tertiary/aromatic N) is 2. The molecule has 150 valence electrons. The summed E-state index contributed by atoms with van der Waals surface area (Å²) in [6.45, 7) is 12.2. The van der Waals surface area contributed by atoms with E-state index < -0.39 is 11.7 Å². The molecule has 0 aromatic carbocycles. The van der Waals surface area contributed by atoms with Crippen LogP contribution in [0, 0.1) is 5.92 Å². The molecule has 0 unspecified atom stereocenters. The molecule has 7 heteroatoms. The monoisotopic (exact) mass is 369 g/mol. The smallest absolute Gasteiger partial charge is 0.407 e. The minimum Gasteiger partial charge on any atom is -0.444 e. The van der Waals surface area contributed by atoms with Crippen LogP contribution in [0.2, 0.25) is 0 Å². The predicted molar refractivity (Wildman–Crippen MR) is 101 cm³/mol. The zero-order valence-electron chi connectivity index (χ0n) is 17.0. The Morgan fingerprint density at radius 2 is 1.58 bits per heavy atom. The lowest BCUT2D eigenvalue weighted by Gasteiger charge is -2.25. The van der Waals surface area contributed by atoms with E-state index in [1.165, 1.54) is 0 Å². The number of amides is 3. The summed E-state index contributed by atoms with van der Waals surface area (Å²) in [6, 6.07) is 0. The zero-order chi connectivity index (χ0) is 19.7. The van der Waals surface area contributed by atoms with Crippen LogP contribution in [0.4, 0.5) is 4.79 Å². The number of hydrogen-bond donors (Lipinski definition) is 1. The Morgan fingerprint density at radius 1 is 1.00 bits per heavy atom. The standard InChI is InChI=1S/C19H35N3O4/c1-6-15(7-2)17(24)22-12-8-11-21(13-14-22)16(23)9-10-20-18(25)26-19(3,4)5/h15H,6-14H2,1-5H3,(H,20,25). The lowest BCUT2D eigenvalue weighted by atomic mass is 10.0. The molecule has 7 nitrogen and oxygen atoms in total. The highest BCUT2D eigenvalue weighted by atomic mass is 16.6. The highest BCUT2D eigenvalue weighted by molar-refractivity contribution is 5.79. The van der Waals surface area contributed by atoms with Gasteiger partial charge in [0.2, 0.25) is 11.8 Å². The van der Waals surface area contributed by atoms with E-state index in [0.29, 0.717) is 26.2 Å². The van der Waals surface area contributed by atoms with Gasteiger partial charge in [-0.25, -0.2) is 4.79 Å². The Hall–Kier alpha value is -1.79. The largest absolute Gasteiger partial charge is 0.444 e. The van der Waals surface area contributed by atoms with Crippen molar-refractivity contribution in [1.29, 1.82) is 0 Å². The number of carbonyl (C=O) groups is 3. The molecule has 0 aliphatic carbocycles. The van der Waals surface area contributed by atoms with Gasteiger partial charge in [0.1, 0.15) is 5.60 Å². The third kappa shape index (κ3) is 7.62. The normalized spacial score (nSPS) is 15.6. The Kier molecular flexibility index (Phi) is 8.88. The fourth-order valence-electron chi connectivity index (χ4n) is 3.03. The van der Waals surface area contributed by atoms with Crippen molar-refractivity contribution >= 4 is 17.9 Å². The average Bonchev–Trinajstić information content (AvgIpc) is 2.80. The Labute approximate surface area is 157 Å². The van der Waals surface area contributed by atoms with Crippen LogP contribution in [0.15, 0.2) is 0 Å². The second-order valence-electron chi connectivity index (χ2n) is 7.75.